The average Bonchev–Trinajstić information content (AvgIpc) is 2.68. The molecule has 0 heterocycles. The number of carbonyl (C=O) groups excluding carboxylic acids is 1. The molecule has 0 bridgehead atoms. The van der Waals surface area contributed by atoms with E-state index >= 15 is 0 Å². The van der Waals surface area contributed by atoms with Crippen LogP contribution in [-0.2, 0) is 15.6 Å². The van der Waals surface area contributed by atoms with Crippen molar-refractivity contribution in [2.75, 3.05) is 13.7 Å². The van der Waals surface area contributed by atoms with Crippen molar-refractivity contribution < 1.29 is 19.4 Å². The molecule has 0 aliphatic heterocycles. The van der Waals surface area contributed by atoms with Crippen molar-refractivity contribution in [2.24, 2.45) is 0 Å². The Morgan fingerprint density at radius 3 is 2.19 bits per heavy atom. The second kappa shape index (κ2) is 9.59. The highest BCUT2D eigenvalue weighted by Gasteiger charge is 2.27. The van der Waals surface area contributed by atoms with Crippen LogP contribution in [0.5, 0.6) is 11.5 Å². The Morgan fingerprint density at radius 1 is 1.00 bits per heavy atom. The Kier molecular flexibility index (Phi) is 7.58. The molecular weight excluding hydrogens is 388 g/mol. The van der Waals surface area contributed by atoms with Crippen molar-refractivity contribution >= 4 is 12.0 Å². The predicted octanol–water partition coefficient (Wildman–Crippen LogP) is 5.51. The van der Waals surface area contributed by atoms with E-state index in [2.05, 4.69) is 60.6 Å². The van der Waals surface area contributed by atoms with Crippen molar-refractivity contribution in [2.45, 2.75) is 65.7 Å². The van der Waals surface area contributed by atoms with Gasteiger partial charge in [-0.15, -0.1) is 0 Å². The van der Waals surface area contributed by atoms with Gasteiger partial charge in [0.05, 0.1) is 19.7 Å². The Hall–Kier alpha value is -2.75. The van der Waals surface area contributed by atoms with Crippen LogP contribution in [0.4, 0.5) is 0 Å². The lowest BCUT2D eigenvalue weighted by Crippen LogP contribution is -2.19. The van der Waals surface area contributed by atoms with Gasteiger partial charge in [0.1, 0.15) is 11.5 Å². The summed E-state index contributed by atoms with van der Waals surface area (Å²) in [4.78, 5) is 10.9. The number of benzene rings is 2. The summed E-state index contributed by atoms with van der Waals surface area (Å²) < 4.78 is 12.0. The minimum atomic E-state index is -1.23. The molecule has 0 amide bonds. The third-order valence-corrected chi connectivity index (χ3v) is 5.14. The van der Waals surface area contributed by atoms with Crippen LogP contribution in [0, 0.1) is 0 Å². The third kappa shape index (κ3) is 6.13. The number of hydrogen-bond donors (Lipinski definition) is 0. The van der Waals surface area contributed by atoms with E-state index in [9.17, 15) is 9.90 Å². The fraction of sp³-hybridized carbons (Fsp3) is 0.444. The van der Waals surface area contributed by atoms with E-state index in [1.807, 2.05) is 18.2 Å². The topological polar surface area (TPSA) is 58.6 Å². The summed E-state index contributed by atoms with van der Waals surface area (Å²) in [7, 11) is 1.64. The lowest BCUT2D eigenvalue weighted by atomic mass is 9.78. The molecule has 0 aliphatic rings. The molecule has 0 atom stereocenters. The lowest BCUT2D eigenvalue weighted by Gasteiger charge is -2.30. The van der Waals surface area contributed by atoms with Crippen LogP contribution < -0.4 is 14.6 Å². The lowest BCUT2D eigenvalue weighted by molar-refractivity contribution is -0.297. The molecule has 2 aromatic carbocycles. The fourth-order valence-corrected chi connectivity index (χ4v) is 3.38. The number of ether oxygens (including phenoxy) is 2. The molecule has 4 nitrogen and oxygen atoms in total. The molecule has 4 heteroatoms. The standard InChI is InChI=1S/C27H36O4/c1-9-14-31-25-21(16-19(26(2,3)4)17-22(25)27(5,6)7)20-15-18(11-13-24(28)29)10-12-23(20)30-8/h10-13,15-17H,9,14H2,1-8H3,(H,28,29)/p-1/b13-11+. The maximum Gasteiger partial charge on any atom is 0.130 e. The third-order valence-electron chi connectivity index (χ3n) is 5.14. The van der Waals surface area contributed by atoms with E-state index in [1.165, 1.54) is 11.6 Å². The molecule has 0 fully saturated rings. The van der Waals surface area contributed by atoms with Gasteiger partial charge in [-0.25, -0.2) is 0 Å². The maximum absolute atomic E-state index is 10.9. The zero-order valence-electron chi connectivity index (χ0n) is 20.1. The minimum Gasteiger partial charge on any atom is -0.545 e. The van der Waals surface area contributed by atoms with Gasteiger partial charge in [0.2, 0.25) is 0 Å². The quantitative estimate of drug-likeness (QED) is 0.551. The first-order chi connectivity index (χ1) is 14.4. The van der Waals surface area contributed by atoms with Gasteiger partial charge in [-0.2, -0.15) is 0 Å². The molecule has 2 aromatic rings. The van der Waals surface area contributed by atoms with Crippen LogP contribution in [-0.4, -0.2) is 19.7 Å². The van der Waals surface area contributed by atoms with Crippen LogP contribution >= 0.6 is 0 Å². The normalized spacial score (nSPS) is 12.3. The van der Waals surface area contributed by atoms with Crippen LogP contribution in [0.15, 0.2) is 36.4 Å². The summed E-state index contributed by atoms with van der Waals surface area (Å²) in [6.45, 7) is 15.8. The number of rotatable bonds is 7. The Balaban J connectivity index is 2.90. The van der Waals surface area contributed by atoms with Crippen LogP contribution in [0.2, 0.25) is 0 Å². The van der Waals surface area contributed by atoms with Gasteiger partial charge in [-0.05, 0) is 52.7 Å². The summed E-state index contributed by atoms with van der Waals surface area (Å²) in [6.07, 6.45) is 3.46. The van der Waals surface area contributed by atoms with E-state index in [0.29, 0.717) is 12.4 Å². The van der Waals surface area contributed by atoms with Crippen molar-refractivity contribution in [3.63, 3.8) is 0 Å². The van der Waals surface area contributed by atoms with Gasteiger partial charge >= 0.3 is 0 Å². The van der Waals surface area contributed by atoms with E-state index < -0.39 is 5.97 Å². The summed E-state index contributed by atoms with van der Waals surface area (Å²) in [6, 6.07) is 10.0. The second-order valence-electron chi connectivity index (χ2n) is 9.86. The first kappa shape index (κ1) is 24.5. The SMILES string of the molecule is CCCOc1c(-c2cc(/C=C/C(=O)[O-])ccc2OC)cc(C(C)(C)C)cc1C(C)(C)C. The maximum atomic E-state index is 10.9. The minimum absolute atomic E-state index is 0.0578. The molecule has 0 spiro atoms. The van der Waals surface area contributed by atoms with Crippen molar-refractivity contribution in [1.29, 1.82) is 0 Å². The van der Waals surface area contributed by atoms with Crippen LogP contribution in [0.3, 0.4) is 0 Å². The van der Waals surface area contributed by atoms with E-state index in [4.69, 9.17) is 9.47 Å². The molecular formula is C27H35O4-. The molecule has 168 valence electrons. The number of hydrogen-bond acceptors (Lipinski definition) is 4. The molecule has 0 N–H and O–H groups in total. The first-order valence-corrected chi connectivity index (χ1v) is 10.8. The fourth-order valence-electron chi connectivity index (χ4n) is 3.38. The summed E-state index contributed by atoms with van der Waals surface area (Å²) in [5.41, 5.74) is 4.73. The Bertz CT molecular complexity index is 956. The number of carbonyl (C=O) groups is 1. The van der Waals surface area contributed by atoms with Crippen LogP contribution in [0.1, 0.15) is 71.6 Å². The summed E-state index contributed by atoms with van der Waals surface area (Å²) in [5, 5.41) is 10.9. The second-order valence-corrected chi connectivity index (χ2v) is 9.86. The van der Waals surface area contributed by atoms with Gasteiger partial charge in [-0.1, -0.05) is 66.7 Å². The van der Waals surface area contributed by atoms with Crippen LogP contribution in [0.25, 0.3) is 17.2 Å². The number of aliphatic carboxylic acids is 1. The Morgan fingerprint density at radius 2 is 1.68 bits per heavy atom. The molecule has 31 heavy (non-hydrogen) atoms. The van der Waals surface area contributed by atoms with E-state index in [0.717, 1.165) is 40.5 Å². The molecule has 0 radical (unpaired) electrons. The van der Waals surface area contributed by atoms with Gasteiger partial charge in [0.15, 0.2) is 0 Å². The molecule has 0 saturated carbocycles. The van der Waals surface area contributed by atoms with E-state index in [1.54, 1.807) is 7.11 Å². The van der Waals surface area contributed by atoms with Gasteiger partial charge in [0, 0.05) is 16.7 Å². The highest BCUT2D eigenvalue weighted by atomic mass is 16.5. The van der Waals surface area contributed by atoms with Crippen molar-refractivity contribution in [3.8, 4) is 22.6 Å². The summed E-state index contributed by atoms with van der Waals surface area (Å²) in [5.74, 6) is 0.327. The average molecular weight is 424 g/mol. The molecule has 0 saturated heterocycles. The Labute approximate surface area is 186 Å². The molecule has 0 aromatic heterocycles. The zero-order chi connectivity index (χ0) is 23.4. The number of methoxy groups -OCH3 is 1. The monoisotopic (exact) mass is 423 g/mol. The first-order valence-electron chi connectivity index (χ1n) is 10.8. The predicted molar refractivity (Wildman–Crippen MR) is 126 cm³/mol. The van der Waals surface area contributed by atoms with Gasteiger partial charge < -0.3 is 19.4 Å². The number of carboxylic acid groups (broad SMARTS) is 1. The smallest absolute Gasteiger partial charge is 0.130 e. The largest absolute Gasteiger partial charge is 0.545 e. The van der Waals surface area contributed by atoms with Gasteiger partial charge in [0.25, 0.3) is 0 Å². The highest BCUT2D eigenvalue weighted by Crippen LogP contribution is 2.45. The molecule has 2 rings (SSSR count). The molecule has 0 aliphatic carbocycles. The highest BCUT2D eigenvalue weighted by molar-refractivity contribution is 5.85. The van der Waals surface area contributed by atoms with E-state index in [-0.39, 0.29) is 10.8 Å². The summed E-state index contributed by atoms with van der Waals surface area (Å²) >= 11 is 0. The van der Waals surface area contributed by atoms with Gasteiger partial charge in [-0.3, -0.25) is 0 Å². The number of carboxylic acids is 1. The zero-order valence-corrected chi connectivity index (χ0v) is 20.1. The van der Waals surface area contributed by atoms with Crippen molar-refractivity contribution in [1.82, 2.24) is 0 Å². The molecule has 0 unspecified atom stereocenters. The van der Waals surface area contributed by atoms with Crippen molar-refractivity contribution in [3.05, 3.63) is 53.1 Å².